The Kier molecular flexibility index (Phi) is 9.32. The van der Waals surface area contributed by atoms with Crippen molar-refractivity contribution in [3.05, 3.63) is 70.1 Å². The molecule has 44 heavy (non-hydrogen) atoms. The van der Waals surface area contributed by atoms with E-state index < -0.39 is 0 Å². The number of piperazine rings is 1. The molecule has 4 heterocycles. The van der Waals surface area contributed by atoms with Crippen LogP contribution in [0.1, 0.15) is 49.4 Å². The molecule has 9 nitrogen and oxygen atoms in total. The van der Waals surface area contributed by atoms with Crippen molar-refractivity contribution in [3.63, 3.8) is 0 Å². The van der Waals surface area contributed by atoms with Crippen molar-refractivity contribution in [2.24, 2.45) is 0 Å². The van der Waals surface area contributed by atoms with Crippen LogP contribution in [0.25, 0.3) is 11.3 Å². The standard InChI is InChI=1S/C33H41ClFN7O2/c1-21(25-15-27(35)17-29(16-25)41-10-8-40(3)9-11-41)37-32(43)22(2)42-19-24-5-4-23(14-26(24)20-42)31-30(34)18-36-33(39-31)38-28-6-12-44-13-7-28/h4-5,14-18,21-22,28H,6-13,19-20H2,1-3H3,(H,37,43)(H,36,38,39)/t21-,22-/m1/s1. The normalized spacial score (nSPS) is 19.4. The summed E-state index contributed by atoms with van der Waals surface area (Å²) in [6.07, 6.45) is 3.48. The number of hydrogen-bond donors (Lipinski definition) is 2. The van der Waals surface area contributed by atoms with Crippen LogP contribution >= 0.6 is 11.6 Å². The maximum absolute atomic E-state index is 14.6. The van der Waals surface area contributed by atoms with Crippen molar-refractivity contribution in [1.82, 2.24) is 25.1 Å². The van der Waals surface area contributed by atoms with Crippen molar-refractivity contribution in [2.45, 2.75) is 57.9 Å². The molecule has 0 unspecified atom stereocenters. The number of carbonyl (C=O) groups is 1. The van der Waals surface area contributed by atoms with Crippen LogP contribution in [-0.4, -0.2) is 84.2 Å². The molecule has 0 spiro atoms. The molecule has 0 bridgehead atoms. The molecule has 234 valence electrons. The fourth-order valence-corrected chi connectivity index (χ4v) is 6.38. The van der Waals surface area contributed by atoms with E-state index in [1.54, 1.807) is 12.3 Å². The first-order valence-electron chi connectivity index (χ1n) is 15.5. The van der Waals surface area contributed by atoms with Gasteiger partial charge in [0, 0.05) is 69.8 Å². The molecule has 1 amide bonds. The van der Waals surface area contributed by atoms with Gasteiger partial charge in [0.25, 0.3) is 0 Å². The minimum absolute atomic E-state index is 0.0846. The number of hydrogen-bond acceptors (Lipinski definition) is 8. The minimum Gasteiger partial charge on any atom is -0.381 e. The van der Waals surface area contributed by atoms with Crippen LogP contribution in [0.4, 0.5) is 16.0 Å². The van der Waals surface area contributed by atoms with Gasteiger partial charge in [0.1, 0.15) is 5.82 Å². The summed E-state index contributed by atoms with van der Waals surface area (Å²) in [7, 11) is 2.10. The molecule has 2 aromatic carbocycles. The van der Waals surface area contributed by atoms with Gasteiger partial charge in [-0.1, -0.05) is 23.7 Å². The average Bonchev–Trinajstić information content (AvgIpc) is 3.45. The van der Waals surface area contributed by atoms with Crippen molar-refractivity contribution in [3.8, 4) is 11.3 Å². The Morgan fingerprint density at radius 2 is 1.80 bits per heavy atom. The fourth-order valence-electron chi connectivity index (χ4n) is 6.18. The summed E-state index contributed by atoms with van der Waals surface area (Å²) in [5.41, 5.74) is 5.55. The van der Waals surface area contributed by atoms with Gasteiger partial charge in [-0.3, -0.25) is 9.69 Å². The number of fused-ring (bicyclic) bond motifs is 1. The molecular weight excluding hydrogens is 581 g/mol. The molecule has 2 N–H and O–H groups in total. The Bertz CT molecular complexity index is 1490. The van der Waals surface area contributed by atoms with Crippen molar-refractivity contribution in [2.75, 3.05) is 56.7 Å². The van der Waals surface area contributed by atoms with E-state index in [1.165, 1.54) is 11.6 Å². The summed E-state index contributed by atoms with van der Waals surface area (Å²) < 4.78 is 20.1. The summed E-state index contributed by atoms with van der Waals surface area (Å²) in [5, 5.41) is 7.04. The van der Waals surface area contributed by atoms with Crippen molar-refractivity contribution in [1.29, 1.82) is 0 Å². The zero-order valence-electron chi connectivity index (χ0n) is 25.7. The summed E-state index contributed by atoms with van der Waals surface area (Å²) >= 11 is 6.55. The Balaban J connectivity index is 1.10. The van der Waals surface area contributed by atoms with Gasteiger partial charge in [0.2, 0.25) is 11.9 Å². The Morgan fingerprint density at radius 3 is 2.57 bits per heavy atom. The molecule has 3 aliphatic rings. The lowest BCUT2D eigenvalue weighted by molar-refractivity contribution is -0.126. The van der Waals surface area contributed by atoms with E-state index in [0.29, 0.717) is 29.8 Å². The van der Waals surface area contributed by atoms with Gasteiger partial charge in [0.15, 0.2) is 0 Å². The largest absolute Gasteiger partial charge is 0.381 e. The Hall–Kier alpha value is -3.31. The molecule has 0 aliphatic carbocycles. The van der Waals surface area contributed by atoms with Crippen molar-refractivity contribution >= 4 is 29.1 Å². The SMILES string of the molecule is C[C@H](C(=O)N[C@H](C)c1cc(F)cc(N2CCN(C)CC2)c1)N1Cc2ccc(-c3nc(NC4CCOCC4)ncc3Cl)cc2C1. The van der Waals surface area contributed by atoms with Gasteiger partial charge < -0.3 is 25.2 Å². The Labute approximate surface area is 263 Å². The highest BCUT2D eigenvalue weighted by atomic mass is 35.5. The second-order valence-corrected chi connectivity index (χ2v) is 12.7. The third-order valence-electron chi connectivity index (χ3n) is 9.08. The predicted molar refractivity (Wildman–Crippen MR) is 171 cm³/mol. The average molecular weight is 622 g/mol. The van der Waals surface area contributed by atoms with Crippen LogP contribution in [0.15, 0.2) is 42.6 Å². The number of carbonyl (C=O) groups excluding carboxylic acids is 1. The van der Waals surface area contributed by atoms with E-state index in [9.17, 15) is 9.18 Å². The highest BCUT2D eigenvalue weighted by Crippen LogP contribution is 2.33. The molecule has 0 saturated carbocycles. The molecule has 1 aromatic heterocycles. The smallest absolute Gasteiger partial charge is 0.237 e. The number of rotatable bonds is 8. The molecule has 0 radical (unpaired) electrons. The van der Waals surface area contributed by atoms with E-state index in [4.69, 9.17) is 21.3 Å². The van der Waals surface area contributed by atoms with Crippen LogP contribution in [0.2, 0.25) is 5.02 Å². The molecule has 3 aliphatic heterocycles. The van der Waals surface area contributed by atoms with Crippen LogP contribution < -0.4 is 15.5 Å². The van der Waals surface area contributed by atoms with Crippen LogP contribution in [0, 0.1) is 5.82 Å². The number of nitrogens with zero attached hydrogens (tertiary/aromatic N) is 5. The zero-order valence-corrected chi connectivity index (χ0v) is 26.4. The van der Waals surface area contributed by atoms with E-state index in [2.05, 4.69) is 49.5 Å². The number of halogens is 2. The lowest BCUT2D eigenvalue weighted by Crippen LogP contribution is -2.44. The van der Waals surface area contributed by atoms with E-state index in [-0.39, 0.29) is 29.8 Å². The number of benzene rings is 2. The second-order valence-electron chi connectivity index (χ2n) is 12.2. The van der Waals surface area contributed by atoms with Gasteiger partial charge in [0.05, 0.1) is 29.0 Å². The van der Waals surface area contributed by atoms with Gasteiger partial charge in [-0.05, 0) is 74.7 Å². The van der Waals surface area contributed by atoms with E-state index in [0.717, 1.165) is 74.6 Å². The second kappa shape index (κ2) is 13.4. The summed E-state index contributed by atoms with van der Waals surface area (Å²) in [4.78, 5) is 29.2. The number of likely N-dealkylation sites (N-methyl/N-ethyl adjacent to an activating group) is 1. The monoisotopic (exact) mass is 621 g/mol. The lowest BCUT2D eigenvalue weighted by Gasteiger charge is -2.34. The van der Waals surface area contributed by atoms with Gasteiger partial charge >= 0.3 is 0 Å². The minimum atomic E-state index is -0.364. The first-order chi connectivity index (χ1) is 21.2. The van der Waals surface area contributed by atoms with Crippen LogP contribution in [-0.2, 0) is 22.6 Å². The maximum Gasteiger partial charge on any atom is 0.237 e. The van der Waals surface area contributed by atoms with Gasteiger partial charge in [-0.15, -0.1) is 0 Å². The summed E-state index contributed by atoms with van der Waals surface area (Å²) in [5.74, 6) is 0.192. The molecule has 6 rings (SSSR count). The van der Waals surface area contributed by atoms with E-state index in [1.807, 2.05) is 26.0 Å². The van der Waals surface area contributed by atoms with Crippen molar-refractivity contribution < 1.29 is 13.9 Å². The first kappa shape index (κ1) is 30.7. The van der Waals surface area contributed by atoms with Crippen LogP contribution in [0.5, 0.6) is 0 Å². The zero-order chi connectivity index (χ0) is 30.8. The topological polar surface area (TPSA) is 85.9 Å². The quantitative estimate of drug-likeness (QED) is 0.369. The molecule has 3 aromatic rings. The molecule has 2 fully saturated rings. The number of anilines is 2. The van der Waals surface area contributed by atoms with Crippen LogP contribution in [0.3, 0.4) is 0 Å². The molecule has 2 saturated heterocycles. The summed E-state index contributed by atoms with van der Waals surface area (Å²) in [6.45, 7) is 10.2. The third kappa shape index (κ3) is 6.99. The highest BCUT2D eigenvalue weighted by Gasteiger charge is 2.29. The van der Waals surface area contributed by atoms with Gasteiger partial charge in [-0.2, -0.15) is 0 Å². The third-order valence-corrected chi connectivity index (χ3v) is 9.36. The Morgan fingerprint density at radius 1 is 1.05 bits per heavy atom. The van der Waals surface area contributed by atoms with Gasteiger partial charge in [-0.25, -0.2) is 14.4 Å². The molecular formula is C33H41ClFN7O2. The highest BCUT2D eigenvalue weighted by molar-refractivity contribution is 6.32. The number of aromatic nitrogens is 2. The lowest BCUT2D eigenvalue weighted by atomic mass is 10.0. The number of amides is 1. The van der Waals surface area contributed by atoms with E-state index >= 15 is 0 Å². The fraction of sp³-hybridized carbons (Fsp3) is 0.485. The molecule has 11 heteroatoms. The number of ether oxygens (including phenoxy) is 1. The summed E-state index contributed by atoms with van der Waals surface area (Å²) in [6, 6.07) is 10.9. The molecule has 2 atom stereocenters. The number of nitrogens with one attached hydrogen (secondary N) is 2. The predicted octanol–water partition coefficient (Wildman–Crippen LogP) is 4.86. The first-order valence-corrected chi connectivity index (χ1v) is 15.9. The maximum atomic E-state index is 14.6.